The largest absolute Gasteiger partial charge is 0.433 e. The van der Waals surface area contributed by atoms with Crippen molar-refractivity contribution in [1.82, 2.24) is 15.3 Å². The van der Waals surface area contributed by atoms with Crippen LogP contribution < -0.4 is 10.9 Å². The van der Waals surface area contributed by atoms with E-state index in [1.54, 1.807) is 4.98 Å². The number of H-pyrrole nitrogens is 1. The molecule has 0 saturated heterocycles. The second kappa shape index (κ2) is 11.2. The lowest BCUT2D eigenvalue weighted by molar-refractivity contribution is -0.141. The van der Waals surface area contributed by atoms with Crippen LogP contribution in [0.15, 0.2) is 41.2 Å². The Morgan fingerprint density at radius 3 is 2.38 bits per heavy atom. The Kier molecular flexibility index (Phi) is 8.22. The van der Waals surface area contributed by atoms with Crippen LogP contribution in [-0.4, -0.2) is 22.0 Å². The van der Waals surface area contributed by atoms with Crippen molar-refractivity contribution in [3.05, 3.63) is 85.8 Å². The molecule has 214 valence electrons. The molecule has 6 nitrogen and oxygen atoms in total. The molecule has 4 rings (SSSR count). The summed E-state index contributed by atoms with van der Waals surface area (Å²) >= 11 is 5.72. The van der Waals surface area contributed by atoms with E-state index in [1.165, 1.54) is 18.2 Å². The number of hydrogen-bond acceptors (Lipinski definition) is 4. The molecule has 1 saturated carbocycles. The molecule has 0 aliphatic heterocycles. The van der Waals surface area contributed by atoms with Gasteiger partial charge in [0.25, 0.3) is 5.56 Å². The molecule has 1 aliphatic rings. The van der Waals surface area contributed by atoms with E-state index in [4.69, 9.17) is 16.3 Å². The van der Waals surface area contributed by atoms with Crippen LogP contribution in [0.4, 0.5) is 35.1 Å². The fraction of sp³-hybridized carbons (Fsp3) is 0.320. The predicted octanol–water partition coefficient (Wildman–Crippen LogP) is 6.02. The molecule has 40 heavy (non-hydrogen) atoms. The van der Waals surface area contributed by atoms with Crippen LogP contribution in [0.25, 0.3) is 11.4 Å². The molecule has 0 radical (unpaired) electrons. The Balaban J connectivity index is 1.45. The van der Waals surface area contributed by atoms with E-state index in [2.05, 4.69) is 10.3 Å². The van der Waals surface area contributed by atoms with E-state index in [9.17, 15) is 40.3 Å². The topological polar surface area (TPSA) is 84.1 Å². The van der Waals surface area contributed by atoms with Crippen molar-refractivity contribution in [2.45, 2.75) is 44.4 Å². The molecular weight excluding hydrogens is 578 g/mol. The third-order valence-corrected chi connectivity index (χ3v) is 6.47. The zero-order valence-electron chi connectivity index (χ0n) is 20.0. The molecule has 1 aliphatic carbocycles. The van der Waals surface area contributed by atoms with Crippen molar-refractivity contribution in [2.75, 3.05) is 0 Å². The molecule has 2 N–H and O–H groups in total. The summed E-state index contributed by atoms with van der Waals surface area (Å²) in [7, 11) is 0. The standard InChI is InChI=1S/C25H18ClF8N3O3/c26-16-5-11(1-4-17(16)27)10-40-14-6-13(7-14)23(39)35-9-12-2-3-15(24(29,30)31)20(21(12)28)22-36-18(25(32,33)34)8-19(38)37-22/h1-5,8,13-14H,6-7,9-10H2,(H,35,39)(H,36,37,38)/t13-,14-. The Morgan fingerprint density at radius 1 is 1.05 bits per heavy atom. The van der Waals surface area contributed by atoms with Gasteiger partial charge in [0, 0.05) is 24.1 Å². The highest BCUT2D eigenvalue weighted by Gasteiger charge is 2.39. The first-order valence-corrected chi connectivity index (χ1v) is 11.9. The summed E-state index contributed by atoms with van der Waals surface area (Å²) in [5.41, 5.74) is -6.15. The first kappa shape index (κ1) is 29.5. The van der Waals surface area contributed by atoms with Crippen molar-refractivity contribution in [3.63, 3.8) is 0 Å². The molecule has 1 heterocycles. The van der Waals surface area contributed by atoms with Crippen molar-refractivity contribution in [1.29, 1.82) is 0 Å². The number of rotatable bonds is 7. The Labute approximate surface area is 225 Å². The van der Waals surface area contributed by atoms with E-state index in [0.29, 0.717) is 11.6 Å². The van der Waals surface area contributed by atoms with Crippen molar-refractivity contribution >= 4 is 17.5 Å². The second-order valence-corrected chi connectivity index (χ2v) is 9.41. The zero-order valence-corrected chi connectivity index (χ0v) is 20.8. The van der Waals surface area contributed by atoms with Gasteiger partial charge in [0.1, 0.15) is 17.5 Å². The lowest BCUT2D eigenvalue weighted by atomic mass is 9.81. The number of benzene rings is 2. The average Bonchev–Trinajstić information content (AvgIpc) is 2.82. The third kappa shape index (κ3) is 6.61. The van der Waals surface area contributed by atoms with Crippen LogP contribution in [-0.2, 0) is 35.0 Å². The molecule has 0 bridgehead atoms. The number of amides is 1. The van der Waals surface area contributed by atoms with Crippen LogP contribution >= 0.6 is 11.6 Å². The van der Waals surface area contributed by atoms with Crippen LogP contribution in [0.5, 0.6) is 0 Å². The van der Waals surface area contributed by atoms with Crippen molar-refractivity contribution in [2.24, 2.45) is 5.92 Å². The lowest BCUT2D eigenvalue weighted by Crippen LogP contribution is -2.42. The summed E-state index contributed by atoms with van der Waals surface area (Å²) in [4.78, 5) is 28.9. The molecule has 0 atom stereocenters. The highest BCUT2D eigenvalue weighted by atomic mass is 35.5. The Hall–Kier alpha value is -3.52. The molecule has 3 aromatic rings. The maximum Gasteiger partial charge on any atom is 0.433 e. The van der Waals surface area contributed by atoms with Gasteiger partial charge in [0.15, 0.2) is 5.69 Å². The van der Waals surface area contributed by atoms with E-state index in [1.807, 2.05) is 0 Å². The summed E-state index contributed by atoms with van der Waals surface area (Å²) in [5.74, 6) is -4.54. The van der Waals surface area contributed by atoms with Gasteiger partial charge in [-0.25, -0.2) is 13.8 Å². The van der Waals surface area contributed by atoms with Gasteiger partial charge in [-0.05, 0) is 36.6 Å². The molecule has 15 heteroatoms. The number of nitrogens with zero attached hydrogens (tertiary/aromatic N) is 1. The van der Waals surface area contributed by atoms with E-state index in [-0.39, 0.29) is 36.6 Å². The molecule has 0 spiro atoms. The lowest BCUT2D eigenvalue weighted by Gasteiger charge is -2.34. The highest BCUT2D eigenvalue weighted by Crippen LogP contribution is 2.39. The molecule has 1 aromatic heterocycles. The van der Waals surface area contributed by atoms with Gasteiger partial charge in [-0.1, -0.05) is 23.7 Å². The summed E-state index contributed by atoms with van der Waals surface area (Å²) in [6.45, 7) is -0.473. The monoisotopic (exact) mass is 595 g/mol. The predicted molar refractivity (Wildman–Crippen MR) is 125 cm³/mol. The normalized spacial score (nSPS) is 17.4. The van der Waals surface area contributed by atoms with Gasteiger partial charge in [-0.15, -0.1) is 0 Å². The molecule has 1 fully saturated rings. The quantitative estimate of drug-likeness (QED) is 0.328. The number of alkyl halides is 6. The number of carbonyl (C=O) groups is 1. The molecule has 0 unspecified atom stereocenters. The number of halogens is 9. The molecule has 2 aromatic carbocycles. The van der Waals surface area contributed by atoms with E-state index >= 15 is 4.39 Å². The van der Waals surface area contributed by atoms with Crippen LogP contribution in [0.2, 0.25) is 5.02 Å². The van der Waals surface area contributed by atoms with Crippen LogP contribution in [0.3, 0.4) is 0 Å². The van der Waals surface area contributed by atoms with E-state index in [0.717, 1.165) is 6.07 Å². The van der Waals surface area contributed by atoms with Gasteiger partial charge in [-0.2, -0.15) is 26.3 Å². The van der Waals surface area contributed by atoms with Crippen molar-refractivity contribution < 1.29 is 44.7 Å². The number of ether oxygens (including phenoxy) is 1. The maximum atomic E-state index is 15.3. The minimum Gasteiger partial charge on any atom is -0.373 e. The summed E-state index contributed by atoms with van der Waals surface area (Å²) < 4.78 is 114. The average molecular weight is 596 g/mol. The van der Waals surface area contributed by atoms with Gasteiger partial charge < -0.3 is 15.0 Å². The summed E-state index contributed by atoms with van der Waals surface area (Å²) in [6.07, 6.45) is -10.1. The fourth-order valence-electron chi connectivity index (χ4n) is 4.03. The number of aromatic amines is 1. The fourth-order valence-corrected chi connectivity index (χ4v) is 4.23. The van der Waals surface area contributed by atoms with Crippen molar-refractivity contribution in [3.8, 4) is 11.4 Å². The number of carbonyl (C=O) groups excluding carboxylic acids is 1. The smallest absolute Gasteiger partial charge is 0.373 e. The van der Waals surface area contributed by atoms with Gasteiger partial charge >= 0.3 is 12.4 Å². The van der Waals surface area contributed by atoms with Crippen LogP contribution in [0.1, 0.15) is 35.2 Å². The number of aromatic nitrogens is 2. The van der Waals surface area contributed by atoms with Gasteiger partial charge in [0.2, 0.25) is 5.91 Å². The minimum absolute atomic E-state index is 0.0309. The summed E-state index contributed by atoms with van der Waals surface area (Å²) in [6, 6.07) is 5.26. The first-order valence-electron chi connectivity index (χ1n) is 11.5. The molecular formula is C25H18ClF8N3O3. The van der Waals surface area contributed by atoms with Crippen LogP contribution in [0, 0.1) is 17.6 Å². The maximum absolute atomic E-state index is 15.3. The highest BCUT2D eigenvalue weighted by molar-refractivity contribution is 6.30. The number of hydrogen-bond donors (Lipinski definition) is 2. The van der Waals surface area contributed by atoms with Gasteiger partial charge in [0.05, 0.1) is 28.9 Å². The molecule has 1 amide bonds. The minimum atomic E-state index is -5.20. The van der Waals surface area contributed by atoms with E-state index < -0.39 is 76.1 Å². The Bertz CT molecular complexity index is 1480. The second-order valence-electron chi connectivity index (χ2n) is 9.00. The summed E-state index contributed by atoms with van der Waals surface area (Å²) in [5, 5.41) is 2.32. The Morgan fingerprint density at radius 2 is 1.75 bits per heavy atom. The first-order chi connectivity index (χ1) is 18.6. The SMILES string of the molecule is O=c1cc(C(F)(F)F)nc(-c2c(C(F)(F)F)ccc(CNC(=O)[C@H]3C[C@H](OCc4ccc(F)c(Cl)c4)C3)c2F)[nH]1. The number of nitrogens with one attached hydrogen (secondary N) is 2. The zero-order chi connectivity index (χ0) is 29.4. The van der Waals surface area contributed by atoms with Gasteiger partial charge in [-0.3, -0.25) is 9.59 Å². The third-order valence-electron chi connectivity index (χ3n) is 6.18.